The summed E-state index contributed by atoms with van der Waals surface area (Å²) in [6.45, 7) is 0.369. The highest BCUT2D eigenvalue weighted by Gasteiger charge is 2.38. The number of ether oxygens (including phenoxy) is 1. The topological polar surface area (TPSA) is 58.6 Å². The molecule has 1 heterocycles. The molecule has 112 valence electrons. The number of rotatable bonds is 4. The number of methoxy groups -OCH3 is 1. The molecular weight excluding hydrogens is 292 g/mol. The number of carbonyl (C=O) groups excluding carboxylic acids is 2. The zero-order chi connectivity index (χ0) is 15.0. The van der Waals surface area contributed by atoms with Gasteiger partial charge in [0.05, 0.1) is 18.7 Å². The second kappa shape index (κ2) is 5.56. The third kappa shape index (κ3) is 2.97. The van der Waals surface area contributed by atoms with Crippen molar-refractivity contribution in [3.63, 3.8) is 0 Å². The van der Waals surface area contributed by atoms with Crippen molar-refractivity contribution in [1.29, 1.82) is 0 Å². The van der Waals surface area contributed by atoms with E-state index in [9.17, 15) is 9.59 Å². The standard InChI is InChI=1S/C15H17ClN2O3/c1-21-13-5-2-10(16)7-12(13)18-8-9(6-14(18)19)15(20)17-11-3-4-11/h2,5,7,9,11H,3-4,6,8H2,1H3,(H,17,20). The summed E-state index contributed by atoms with van der Waals surface area (Å²) in [7, 11) is 1.55. The van der Waals surface area contributed by atoms with Gasteiger partial charge in [0, 0.05) is 24.0 Å². The fourth-order valence-corrected chi connectivity index (χ4v) is 2.70. The van der Waals surface area contributed by atoms with Crippen LogP contribution in [0, 0.1) is 5.92 Å². The molecule has 21 heavy (non-hydrogen) atoms. The second-order valence-electron chi connectivity index (χ2n) is 5.50. The molecule has 0 aromatic heterocycles. The van der Waals surface area contributed by atoms with E-state index in [2.05, 4.69) is 5.32 Å². The maximum absolute atomic E-state index is 12.2. The lowest BCUT2D eigenvalue weighted by molar-refractivity contribution is -0.126. The SMILES string of the molecule is COc1ccc(Cl)cc1N1CC(C(=O)NC2CC2)CC1=O. The Bertz CT molecular complexity index is 586. The van der Waals surface area contributed by atoms with E-state index in [-0.39, 0.29) is 24.2 Å². The lowest BCUT2D eigenvalue weighted by atomic mass is 10.1. The highest BCUT2D eigenvalue weighted by atomic mass is 35.5. The Hall–Kier alpha value is -1.75. The molecule has 1 saturated carbocycles. The van der Waals surface area contributed by atoms with Crippen molar-refractivity contribution >= 4 is 29.1 Å². The zero-order valence-corrected chi connectivity index (χ0v) is 12.5. The van der Waals surface area contributed by atoms with Crippen molar-refractivity contribution in [1.82, 2.24) is 5.32 Å². The number of amides is 2. The average Bonchev–Trinajstić information content (AvgIpc) is 3.18. The predicted molar refractivity (Wildman–Crippen MR) is 79.6 cm³/mol. The van der Waals surface area contributed by atoms with Gasteiger partial charge in [0.25, 0.3) is 0 Å². The fourth-order valence-electron chi connectivity index (χ4n) is 2.54. The summed E-state index contributed by atoms with van der Waals surface area (Å²) >= 11 is 6.00. The number of nitrogens with one attached hydrogen (secondary N) is 1. The van der Waals surface area contributed by atoms with Crippen LogP contribution >= 0.6 is 11.6 Å². The van der Waals surface area contributed by atoms with Crippen LogP contribution in [0.25, 0.3) is 0 Å². The van der Waals surface area contributed by atoms with Gasteiger partial charge in [0.2, 0.25) is 11.8 Å². The number of hydrogen-bond donors (Lipinski definition) is 1. The molecular formula is C15H17ClN2O3. The molecule has 0 bridgehead atoms. The highest BCUT2D eigenvalue weighted by Crippen LogP contribution is 2.35. The molecule has 0 spiro atoms. The Morgan fingerprint density at radius 3 is 2.86 bits per heavy atom. The van der Waals surface area contributed by atoms with E-state index in [1.54, 1.807) is 30.2 Å². The minimum atomic E-state index is -0.304. The number of carbonyl (C=O) groups is 2. The smallest absolute Gasteiger partial charge is 0.227 e. The van der Waals surface area contributed by atoms with Gasteiger partial charge in [-0.05, 0) is 31.0 Å². The number of anilines is 1. The Labute approximate surface area is 128 Å². The van der Waals surface area contributed by atoms with Crippen LogP contribution < -0.4 is 15.0 Å². The van der Waals surface area contributed by atoms with Gasteiger partial charge in [-0.25, -0.2) is 0 Å². The van der Waals surface area contributed by atoms with Gasteiger partial charge in [-0.15, -0.1) is 0 Å². The summed E-state index contributed by atoms with van der Waals surface area (Å²) in [5, 5.41) is 3.49. The van der Waals surface area contributed by atoms with Gasteiger partial charge in [0.1, 0.15) is 5.75 Å². The lowest BCUT2D eigenvalue weighted by Gasteiger charge is -2.19. The summed E-state index contributed by atoms with van der Waals surface area (Å²) in [4.78, 5) is 25.9. The van der Waals surface area contributed by atoms with E-state index in [4.69, 9.17) is 16.3 Å². The molecule has 1 aromatic carbocycles. The number of nitrogens with zero attached hydrogens (tertiary/aromatic N) is 1. The number of benzene rings is 1. The number of hydrogen-bond acceptors (Lipinski definition) is 3. The van der Waals surface area contributed by atoms with Crippen molar-refractivity contribution in [3.05, 3.63) is 23.2 Å². The van der Waals surface area contributed by atoms with Gasteiger partial charge in [-0.1, -0.05) is 11.6 Å². The summed E-state index contributed by atoms with van der Waals surface area (Å²) < 4.78 is 5.28. The van der Waals surface area contributed by atoms with Gasteiger partial charge < -0.3 is 15.0 Å². The molecule has 2 amide bonds. The van der Waals surface area contributed by atoms with Crippen LogP contribution in [0.4, 0.5) is 5.69 Å². The molecule has 2 aliphatic rings. The third-order valence-corrected chi connectivity index (χ3v) is 4.09. The first-order valence-electron chi connectivity index (χ1n) is 7.02. The van der Waals surface area contributed by atoms with Gasteiger partial charge in [-0.3, -0.25) is 9.59 Å². The van der Waals surface area contributed by atoms with E-state index < -0.39 is 0 Å². The molecule has 6 heteroatoms. The van der Waals surface area contributed by atoms with Crippen LogP contribution in [-0.4, -0.2) is 31.5 Å². The third-order valence-electron chi connectivity index (χ3n) is 3.85. The van der Waals surface area contributed by atoms with E-state index >= 15 is 0 Å². The predicted octanol–water partition coefficient (Wildman–Crippen LogP) is 1.98. The highest BCUT2D eigenvalue weighted by molar-refractivity contribution is 6.31. The van der Waals surface area contributed by atoms with E-state index in [0.717, 1.165) is 12.8 Å². The normalized spacial score (nSPS) is 21.5. The molecule has 1 atom stereocenters. The zero-order valence-electron chi connectivity index (χ0n) is 11.8. The van der Waals surface area contributed by atoms with E-state index in [1.165, 1.54) is 0 Å². The quantitative estimate of drug-likeness (QED) is 0.925. The maximum atomic E-state index is 12.2. The van der Waals surface area contributed by atoms with E-state index in [0.29, 0.717) is 29.0 Å². The van der Waals surface area contributed by atoms with Crippen molar-refractivity contribution < 1.29 is 14.3 Å². The molecule has 1 aromatic rings. The minimum absolute atomic E-state index is 0.0330. The molecule has 1 N–H and O–H groups in total. The van der Waals surface area contributed by atoms with Crippen LogP contribution in [0.1, 0.15) is 19.3 Å². The van der Waals surface area contributed by atoms with Crippen molar-refractivity contribution in [2.45, 2.75) is 25.3 Å². The van der Waals surface area contributed by atoms with Crippen LogP contribution in [0.2, 0.25) is 5.02 Å². The van der Waals surface area contributed by atoms with E-state index in [1.807, 2.05) is 0 Å². The summed E-state index contributed by atoms with van der Waals surface area (Å²) in [6.07, 6.45) is 2.31. The molecule has 2 fully saturated rings. The molecule has 1 saturated heterocycles. The average molecular weight is 309 g/mol. The Morgan fingerprint density at radius 2 is 2.19 bits per heavy atom. The first-order chi connectivity index (χ1) is 10.1. The minimum Gasteiger partial charge on any atom is -0.495 e. The Balaban J connectivity index is 1.78. The maximum Gasteiger partial charge on any atom is 0.227 e. The van der Waals surface area contributed by atoms with Gasteiger partial charge in [-0.2, -0.15) is 0 Å². The summed E-state index contributed by atoms with van der Waals surface area (Å²) in [5.41, 5.74) is 0.622. The van der Waals surface area contributed by atoms with Crippen LogP contribution in [-0.2, 0) is 9.59 Å². The summed E-state index contributed by atoms with van der Waals surface area (Å²) in [5.74, 6) is 0.165. The van der Waals surface area contributed by atoms with Crippen molar-refractivity contribution in [2.75, 3.05) is 18.6 Å². The monoisotopic (exact) mass is 308 g/mol. The molecule has 3 rings (SSSR count). The Kier molecular flexibility index (Phi) is 3.76. The van der Waals surface area contributed by atoms with Crippen LogP contribution in [0.15, 0.2) is 18.2 Å². The van der Waals surface area contributed by atoms with Gasteiger partial charge >= 0.3 is 0 Å². The second-order valence-corrected chi connectivity index (χ2v) is 5.94. The fraction of sp³-hybridized carbons (Fsp3) is 0.467. The first kappa shape index (κ1) is 14.2. The van der Waals surface area contributed by atoms with Crippen LogP contribution in [0.3, 0.4) is 0 Å². The molecule has 0 radical (unpaired) electrons. The lowest BCUT2D eigenvalue weighted by Crippen LogP contribution is -2.34. The van der Waals surface area contributed by atoms with Gasteiger partial charge in [0.15, 0.2) is 0 Å². The molecule has 1 aliphatic carbocycles. The number of halogens is 1. The summed E-state index contributed by atoms with van der Waals surface area (Å²) in [6, 6.07) is 5.44. The van der Waals surface area contributed by atoms with Crippen molar-refractivity contribution in [3.8, 4) is 5.75 Å². The van der Waals surface area contributed by atoms with Crippen molar-refractivity contribution in [2.24, 2.45) is 5.92 Å². The van der Waals surface area contributed by atoms with Crippen LogP contribution in [0.5, 0.6) is 5.75 Å². The molecule has 1 aliphatic heterocycles. The largest absolute Gasteiger partial charge is 0.495 e. The molecule has 5 nitrogen and oxygen atoms in total. The Morgan fingerprint density at radius 1 is 1.43 bits per heavy atom. The molecule has 1 unspecified atom stereocenters. The first-order valence-corrected chi connectivity index (χ1v) is 7.40.